The number of amides is 2. The lowest BCUT2D eigenvalue weighted by atomic mass is 10.1. The van der Waals surface area contributed by atoms with E-state index in [1.165, 1.54) is 0 Å². The number of nitrogens with zero attached hydrogens (tertiary/aromatic N) is 1. The second kappa shape index (κ2) is 10.5. The standard InChI is InChI=1S/C23H30N2O4/c1-6-21(23(27)24-4)25(14-18-7-9-19(28-5)10-8-18)22(26)15-29-20-12-16(2)11-17(3)13-20/h7-13,21H,6,14-15H2,1-5H3,(H,24,27)/t21-/m0/s1. The largest absolute Gasteiger partial charge is 0.497 e. The quantitative estimate of drug-likeness (QED) is 0.704. The van der Waals surface area contributed by atoms with Crippen molar-refractivity contribution in [2.24, 2.45) is 0 Å². The minimum absolute atomic E-state index is 0.132. The zero-order valence-corrected chi connectivity index (χ0v) is 17.8. The van der Waals surface area contributed by atoms with Gasteiger partial charge in [0.15, 0.2) is 6.61 Å². The molecule has 0 aromatic heterocycles. The Labute approximate surface area is 172 Å². The minimum Gasteiger partial charge on any atom is -0.497 e. The third kappa shape index (κ3) is 6.24. The Balaban J connectivity index is 2.19. The molecule has 0 fully saturated rings. The number of aryl methyl sites for hydroxylation is 2. The molecule has 29 heavy (non-hydrogen) atoms. The monoisotopic (exact) mass is 398 g/mol. The molecule has 2 aromatic carbocycles. The number of nitrogens with one attached hydrogen (secondary N) is 1. The van der Waals surface area contributed by atoms with Crippen molar-refractivity contribution in [3.05, 3.63) is 59.2 Å². The summed E-state index contributed by atoms with van der Waals surface area (Å²) in [4.78, 5) is 27.0. The number of hydrogen-bond acceptors (Lipinski definition) is 4. The van der Waals surface area contributed by atoms with Crippen LogP contribution in [0.25, 0.3) is 0 Å². The summed E-state index contributed by atoms with van der Waals surface area (Å²) in [6.07, 6.45) is 0.505. The molecule has 2 aromatic rings. The fraction of sp³-hybridized carbons (Fsp3) is 0.391. The van der Waals surface area contributed by atoms with Crippen LogP contribution in [-0.2, 0) is 16.1 Å². The van der Waals surface area contributed by atoms with Crippen LogP contribution in [0.15, 0.2) is 42.5 Å². The van der Waals surface area contributed by atoms with E-state index in [-0.39, 0.29) is 18.4 Å². The van der Waals surface area contributed by atoms with Gasteiger partial charge in [-0.15, -0.1) is 0 Å². The smallest absolute Gasteiger partial charge is 0.261 e. The third-order valence-corrected chi connectivity index (χ3v) is 4.70. The Kier molecular flexibility index (Phi) is 8.07. The van der Waals surface area contributed by atoms with E-state index in [4.69, 9.17) is 9.47 Å². The van der Waals surface area contributed by atoms with Crippen LogP contribution in [0.3, 0.4) is 0 Å². The third-order valence-electron chi connectivity index (χ3n) is 4.70. The molecule has 0 saturated carbocycles. The van der Waals surface area contributed by atoms with E-state index in [0.717, 1.165) is 22.4 Å². The first-order valence-electron chi connectivity index (χ1n) is 9.73. The van der Waals surface area contributed by atoms with Crippen LogP contribution in [0.2, 0.25) is 0 Å². The Morgan fingerprint density at radius 2 is 1.66 bits per heavy atom. The van der Waals surface area contributed by atoms with Gasteiger partial charge in [0.25, 0.3) is 5.91 Å². The Bertz CT molecular complexity index is 813. The number of hydrogen-bond donors (Lipinski definition) is 1. The Morgan fingerprint density at radius 1 is 1.03 bits per heavy atom. The summed E-state index contributed by atoms with van der Waals surface area (Å²) in [5, 5.41) is 2.65. The Hall–Kier alpha value is -3.02. The van der Waals surface area contributed by atoms with E-state index in [1.807, 2.05) is 63.2 Å². The van der Waals surface area contributed by atoms with Gasteiger partial charge in [0, 0.05) is 13.6 Å². The van der Waals surface area contributed by atoms with Gasteiger partial charge in [-0.1, -0.05) is 25.1 Å². The van der Waals surface area contributed by atoms with Crippen LogP contribution >= 0.6 is 0 Å². The van der Waals surface area contributed by atoms with Gasteiger partial charge in [0.05, 0.1) is 7.11 Å². The van der Waals surface area contributed by atoms with E-state index < -0.39 is 6.04 Å². The number of carbonyl (C=O) groups excluding carboxylic acids is 2. The van der Waals surface area contributed by atoms with Crippen molar-refractivity contribution in [1.82, 2.24) is 10.2 Å². The summed E-state index contributed by atoms with van der Waals surface area (Å²) >= 11 is 0. The lowest BCUT2D eigenvalue weighted by molar-refractivity contribution is -0.142. The van der Waals surface area contributed by atoms with Gasteiger partial charge in [-0.2, -0.15) is 0 Å². The van der Waals surface area contributed by atoms with Crippen LogP contribution in [0.5, 0.6) is 11.5 Å². The first-order valence-corrected chi connectivity index (χ1v) is 9.73. The fourth-order valence-corrected chi connectivity index (χ4v) is 3.26. The molecule has 0 radical (unpaired) electrons. The highest BCUT2D eigenvalue weighted by atomic mass is 16.5. The predicted octanol–water partition coefficient (Wildman–Crippen LogP) is 3.24. The number of carbonyl (C=O) groups is 2. The number of benzene rings is 2. The van der Waals surface area contributed by atoms with Crippen molar-refractivity contribution in [2.45, 2.75) is 39.8 Å². The van der Waals surface area contributed by atoms with Crippen LogP contribution in [0.4, 0.5) is 0 Å². The highest BCUT2D eigenvalue weighted by molar-refractivity contribution is 5.88. The van der Waals surface area contributed by atoms with Crippen molar-refractivity contribution < 1.29 is 19.1 Å². The normalized spacial score (nSPS) is 11.5. The SMILES string of the molecule is CC[C@@H](C(=O)NC)N(Cc1ccc(OC)cc1)C(=O)COc1cc(C)cc(C)c1. The highest BCUT2D eigenvalue weighted by Crippen LogP contribution is 2.18. The summed E-state index contributed by atoms with van der Waals surface area (Å²) in [5.41, 5.74) is 3.05. The molecule has 0 aliphatic heterocycles. The molecule has 2 rings (SSSR count). The van der Waals surface area contributed by atoms with Crippen LogP contribution in [0.1, 0.15) is 30.0 Å². The molecule has 0 heterocycles. The van der Waals surface area contributed by atoms with Crippen molar-refractivity contribution >= 4 is 11.8 Å². The molecule has 0 aliphatic rings. The number of rotatable bonds is 9. The van der Waals surface area contributed by atoms with Gasteiger partial charge in [0.2, 0.25) is 5.91 Å². The average molecular weight is 399 g/mol. The van der Waals surface area contributed by atoms with Gasteiger partial charge >= 0.3 is 0 Å². The van der Waals surface area contributed by atoms with Gasteiger partial charge in [-0.25, -0.2) is 0 Å². The van der Waals surface area contributed by atoms with Gasteiger partial charge < -0.3 is 19.7 Å². The maximum absolute atomic E-state index is 13.0. The zero-order valence-electron chi connectivity index (χ0n) is 17.8. The molecule has 0 saturated heterocycles. The summed E-state index contributed by atoms with van der Waals surface area (Å²) in [6.45, 7) is 6.03. The van der Waals surface area contributed by atoms with Gasteiger partial charge in [-0.05, 0) is 61.2 Å². The lowest BCUT2D eigenvalue weighted by Gasteiger charge is -2.30. The second-order valence-corrected chi connectivity index (χ2v) is 7.02. The maximum Gasteiger partial charge on any atom is 0.261 e. The summed E-state index contributed by atoms with van der Waals surface area (Å²) in [5.74, 6) is 0.951. The molecule has 6 heteroatoms. The number of ether oxygens (including phenoxy) is 2. The first kappa shape index (κ1) is 22.3. The molecule has 0 bridgehead atoms. The zero-order chi connectivity index (χ0) is 21.4. The molecular formula is C23H30N2O4. The van der Waals surface area contributed by atoms with Crippen LogP contribution in [-0.4, -0.2) is 43.5 Å². The molecule has 0 aliphatic carbocycles. The second-order valence-electron chi connectivity index (χ2n) is 7.02. The molecule has 0 unspecified atom stereocenters. The van der Waals surface area contributed by atoms with Crippen LogP contribution < -0.4 is 14.8 Å². The molecule has 0 spiro atoms. The molecule has 1 atom stereocenters. The summed E-state index contributed by atoms with van der Waals surface area (Å²) in [7, 11) is 3.18. The van der Waals surface area contributed by atoms with Crippen molar-refractivity contribution in [3.63, 3.8) is 0 Å². The van der Waals surface area contributed by atoms with E-state index in [1.54, 1.807) is 19.1 Å². The van der Waals surface area contributed by atoms with E-state index in [9.17, 15) is 9.59 Å². The topological polar surface area (TPSA) is 67.9 Å². The highest BCUT2D eigenvalue weighted by Gasteiger charge is 2.28. The van der Waals surface area contributed by atoms with E-state index >= 15 is 0 Å². The van der Waals surface area contributed by atoms with Crippen LogP contribution in [0, 0.1) is 13.8 Å². The predicted molar refractivity (Wildman–Crippen MR) is 113 cm³/mol. The molecule has 1 N–H and O–H groups in total. The van der Waals surface area contributed by atoms with Crippen molar-refractivity contribution in [1.29, 1.82) is 0 Å². The Morgan fingerprint density at radius 3 is 2.17 bits per heavy atom. The molecule has 2 amide bonds. The van der Waals surface area contributed by atoms with Crippen molar-refractivity contribution in [2.75, 3.05) is 20.8 Å². The number of likely N-dealkylation sites (N-methyl/N-ethyl adjacent to an activating group) is 1. The van der Waals surface area contributed by atoms with Gasteiger partial charge in [0.1, 0.15) is 17.5 Å². The molecular weight excluding hydrogens is 368 g/mol. The van der Waals surface area contributed by atoms with E-state index in [2.05, 4.69) is 5.32 Å². The van der Waals surface area contributed by atoms with E-state index in [0.29, 0.717) is 18.7 Å². The lowest BCUT2D eigenvalue weighted by Crippen LogP contribution is -2.49. The average Bonchev–Trinajstić information content (AvgIpc) is 2.71. The fourth-order valence-electron chi connectivity index (χ4n) is 3.26. The van der Waals surface area contributed by atoms with Crippen molar-refractivity contribution in [3.8, 4) is 11.5 Å². The first-order chi connectivity index (χ1) is 13.9. The number of methoxy groups -OCH3 is 1. The molecule has 156 valence electrons. The maximum atomic E-state index is 13.0. The summed E-state index contributed by atoms with van der Waals surface area (Å²) < 4.78 is 10.9. The van der Waals surface area contributed by atoms with Gasteiger partial charge in [-0.3, -0.25) is 9.59 Å². The minimum atomic E-state index is -0.572. The molecule has 6 nitrogen and oxygen atoms in total. The summed E-state index contributed by atoms with van der Waals surface area (Å²) in [6, 6.07) is 12.7.